The first kappa shape index (κ1) is 16.9. The molecule has 0 aliphatic heterocycles. The van der Waals surface area contributed by atoms with Crippen LogP contribution in [0.4, 0.5) is 8.78 Å². The van der Waals surface area contributed by atoms with Gasteiger partial charge in [0.05, 0.1) is 12.0 Å². The van der Waals surface area contributed by atoms with Crippen molar-refractivity contribution in [3.8, 4) is 0 Å². The van der Waals surface area contributed by atoms with Gasteiger partial charge in [-0.15, -0.1) is 0 Å². The number of carbonyl (C=O) groups is 3. The van der Waals surface area contributed by atoms with Crippen molar-refractivity contribution < 1.29 is 28.3 Å². The fourth-order valence-electron chi connectivity index (χ4n) is 1.49. The van der Waals surface area contributed by atoms with Crippen LogP contribution in [0.5, 0.6) is 0 Å². The van der Waals surface area contributed by atoms with E-state index in [1.165, 1.54) is 24.3 Å². The predicted octanol–water partition coefficient (Wildman–Crippen LogP) is 1.06. The van der Waals surface area contributed by atoms with Gasteiger partial charge < -0.3 is 16.2 Å². The van der Waals surface area contributed by atoms with E-state index in [9.17, 15) is 23.2 Å². The molecule has 0 saturated carbocycles. The Kier molecular flexibility index (Phi) is 6.10. The topological polar surface area (TPSA) is 109 Å². The third-order valence-corrected chi connectivity index (χ3v) is 3.14. The summed E-state index contributed by atoms with van der Waals surface area (Å²) in [7, 11) is 0. The Morgan fingerprint density at radius 2 is 1.90 bits per heavy atom. The lowest BCUT2D eigenvalue weighted by Gasteiger charge is -2.14. The second-order valence-corrected chi connectivity index (χ2v) is 4.94. The average Bonchev–Trinajstić information content (AvgIpc) is 2.37. The average molecular weight is 318 g/mol. The standard InChI is InChI=1S/C12H12F2N2O4S/c13-12(14)21-8-4-2-1-3-6(8)10(18)16-7(11(19)20)5-9(15)17/h1-4,7,12H,5H2,(H2,15,17)(H,16,18)(H,19,20). The van der Waals surface area contributed by atoms with E-state index in [0.29, 0.717) is 0 Å². The summed E-state index contributed by atoms with van der Waals surface area (Å²) in [5.41, 5.74) is 4.79. The summed E-state index contributed by atoms with van der Waals surface area (Å²) >= 11 is 0.170. The van der Waals surface area contributed by atoms with Crippen LogP contribution >= 0.6 is 11.8 Å². The molecular weight excluding hydrogens is 306 g/mol. The largest absolute Gasteiger partial charge is 0.480 e. The molecule has 1 aromatic rings. The minimum Gasteiger partial charge on any atom is -0.480 e. The number of hydrogen-bond acceptors (Lipinski definition) is 4. The molecule has 4 N–H and O–H groups in total. The van der Waals surface area contributed by atoms with Gasteiger partial charge >= 0.3 is 5.97 Å². The molecule has 0 aliphatic rings. The van der Waals surface area contributed by atoms with Crippen molar-refractivity contribution in [1.82, 2.24) is 5.32 Å². The summed E-state index contributed by atoms with van der Waals surface area (Å²) in [4.78, 5) is 33.6. The number of alkyl halides is 2. The maximum Gasteiger partial charge on any atom is 0.326 e. The van der Waals surface area contributed by atoms with Gasteiger partial charge in [0.15, 0.2) is 0 Å². The first-order valence-corrected chi connectivity index (χ1v) is 6.55. The highest BCUT2D eigenvalue weighted by Gasteiger charge is 2.24. The van der Waals surface area contributed by atoms with Crippen molar-refractivity contribution in [3.63, 3.8) is 0 Å². The maximum atomic E-state index is 12.4. The van der Waals surface area contributed by atoms with Crippen LogP contribution in [0.3, 0.4) is 0 Å². The van der Waals surface area contributed by atoms with Crippen LogP contribution in [-0.2, 0) is 9.59 Å². The number of nitrogens with one attached hydrogen (secondary N) is 1. The van der Waals surface area contributed by atoms with Gasteiger partial charge in [0.25, 0.3) is 11.7 Å². The molecule has 0 aromatic heterocycles. The number of hydrogen-bond donors (Lipinski definition) is 3. The van der Waals surface area contributed by atoms with E-state index in [0.717, 1.165) is 0 Å². The number of halogens is 2. The Morgan fingerprint density at radius 1 is 1.29 bits per heavy atom. The van der Waals surface area contributed by atoms with Crippen molar-refractivity contribution in [2.45, 2.75) is 23.1 Å². The number of aliphatic carboxylic acids is 1. The zero-order valence-electron chi connectivity index (χ0n) is 10.6. The lowest BCUT2D eigenvalue weighted by molar-refractivity contribution is -0.140. The van der Waals surface area contributed by atoms with Crippen molar-refractivity contribution in [1.29, 1.82) is 0 Å². The third-order valence-electron chi connectivity index (χ3n) is 2.36. The Balaban J connectivity index is 2.92. The first-order valence-electron chi connectivity index (χ1n) is 5.67. The highest BCUT2D eigenvalue weighted by molar-refractivity contribution is 7.99. The van der Waals surface area contributed by atoms with E-state index in [1.54, 1.807) is 0 Å². The molecule has 1 aromatic carbocycles. The molecule has 0 aliphatic carbocycles. The SMILES string of the molecule is NC(=O)CC(NC(=O)c1ccccc1SC(F)F)C(=O)O. The van der Waals surface area contributed by atoms with E-state index in [1.807, 2.05) is 0 Å². The fraction of sp³-hybridized carbons (Fsp3) is 0.250. The van der Waals surface area contributed by atoms with Crippen molar-refractivity contribution in [2.24, 2.45) is 5.73 Å². The molecule has 0 saturated heterocycles. The highest BCUT2D eigenvalue weighted by Crippen LogP contribution is 2.28. The van der Waals surface area contributed by atoms with Crippen LogP contribution < -0.4 is 11.1 Å². The third kappa shape index (κ3) is 5.38. The summed E-state index contributed by atoms with van der Waals surface area (Å²) in [6.07, 6.45) is -0.592. The Labute approximate surface area is 122 Å². The molecule has 0 heterocycles. The predicted molar refractivity (Wildman–Crippen MR) is 71.0 cm³/mol. The van der Waals surface area contributed by atoms with Gasteiger partial charge in [0, 0.05) is 4.90 Å². The molecule has 1 rings (SSSR count). The molecule has 0 radical (unpaired) electrons. The van der Waals surface area contributed by atoms with Gasteiger partial charge in [-0.25, -0.2) is 4.79 Å². The normalized spacial score (nSPS) is 12.0. The second kappa shape index (κ2) is 7.58. The maximum absolute atomic E-state index is 12.4. The smallest absolute Gasteiger partial charge is 0.326 e. The van der Waals surface area contributed by atoms with Crippen molar-refractivity contribution >= 4 is 29.5 Å². The first-order chi connectivity index (χ1) is 9.81. The zero-order chi connectivity index (χ0) is 16.0. The minimum absolute atomic E-state index is 0.00761. The van der Waals surface area contributed by atoms with Crippen molar-refractivity contribution in [3.05, 3.63) is 29.8 Å². The number of carboxylic acids is 1. The summed E-state index contributed by atoms with van der Waals surface area (Å²) in [5.74, 6) is -5.94. The summed E-state index contributed by atoms with van der Waals surface area (Å²) in [6, 6.07) is 4.01. The lowest BCUT2D eigenvalue weighted by atomic mass is 10.1. The van der Waals surface area contributed by atoms with Crippen molar-refractivity contribution in [2.75, 3.05) is 0 Å². The molecule has 6 nitrogen and oxygen atoms in total. The monoisotopic (exact) mass is 318 g/mol. The number of rotatable bonds is 7. The van der Waals surface area contributed by atoms with Gasteiger partial charge in [-0.3, -0.25) is 9.59 Å². The number of amides is 2. The molecule has 114 valence electrons. The molecule has 0 spiro atoms. The number of carboxylic acid groups (broad SMARTS) is 1. The lowest BCUT2D eigenvalue weighted by Crippen LogP contribution is -2.43. The molecular formula is C12H12F2N2O4S. The Bertz CT molecular complexity index is 554. The molecule has 0 fully saturated rings. The number of thioether (sulfide) groups is 1. The van der Waals surface area contributed by atoms with Crippen LogP contribution in [-0.4, -0.2) is 34.7 Å². The number of nitrogens with two attached hydrogens (primary N) is 1. The van der Waals surface area contributed by atoms with Gasteiger partial charge in [0.1, 0.15) is 6.04 Å². The molecule has 2 amide bonds. The van der Waals surface area contributed by atoms with E-state index in [-0.39, 0.29) is 22.2 Å². The van der Waals surface area contributed by atoms with E-state index < -0.39 is 36.0 Å². The van der Waals surface area contributed by atoms with E-state index in [4.69, 9.17) is 10.8 Å². The number of carbonyl (C=O) groups excluding carboxylic acids is 2. The van der Waals surface area contributed by atoms with Crippen LogP contribution in [0.2, 0.25) is 0 Å². The molecule has 0 bridgehead atoms. The summed E-state index contributed by atoms with van der Waals surface area (Å²) < 4.78 is 24.8. The Morgan fingerprint density at radius 3 is 2.43 bits per heavy atom. The van der Waals surface area contributed by atoms with Crippen LogP contribution in [0.15, 0.2) is 29.2 Å². The van der Waals surface area contributed by atoms with Gasteiger partial charge in [-0.2, -0.15) is 8.78 Å². The molecule has 1 unspecified atom stereocenters. The van der Waals surface area contributed by atoms with Crippen LogP contribution in [0, 0.1) is 0 Å². The molecule has 9 heteroatoms. The van der Waals surface area contributed by atoms with Gasteiger partial charge in [0.2, 0.25) is 5.91 Å². The molecule has 1 atom stereocenters. The zero-order valence-corrected chi connectivity index (χ0v) is 11.4. The van der Waals surface area contributed by atoms with E-state index in [2.05, 4.69) is 5.32 Å². The van der Waals surface area contributed by atoms with Crippen LogP contribution in [0.25, 0.3) is 0 Å². The highest BCUT2D eigenvalue weighted by atomic mass is 32.2. The summed E-state index contributed by atoms with van der Waals surface area (Å²) in [6.45, 7) is 0. The van der Waals surface area contributed by atoms with Gasteiger partial charge in [-0.05, 0) is 12.1 Å². The molecule has 21 heavy (non-hydrogen) atoms. The summed E-state index contributed by atoms with van der Waals surface area (Å²) in [5, 5.41) is 11.0. The van der Waals surface area contributed by atoms with E-state index >= 15 is 0 Å². The van der Waals surface area contributed by atoms with Crippen LogP contribution in [0.1, 0.15) is 16.8 Å². The number of benzene rings is 1. The van der Waals surface area contributed by atoms with Gasteiger partial charge in [-0.1, -0.05) is 23.9 Å². The minimum atomic E-state index is -2.72. The fourth-order valence-corrected chi connectivity index (χ4v) is 2.13. The number of primary amides is 1. The Hall–Kier alpha value is -2.16. The second-order valence-electron chi connectivity index (χ2n) is 3.91. The quantitative estimate of drug-likeness (QED) is 0.651.